The van der Waals surface area contributed by atoms with Crippen LogP contribution in [-0.4, -0.2) is 36.4 Å². The van der Waals surface area contributed by atoms with Gasteiger partial charge >= 0.3 is 12.1 Å². The molecule has 1 N–H and O–H groups in total. The van der Waals surface area contributed by atoms with E-state index in [1.165, 1.54) is 19.3 Å². The number of aliphatic carboxylic acids is 1. The first-order valence-electron chi connectivity index (χ1n) is 8.76. The van der Waals surface area contributed by atoms with Gasteiger partial charge < -0.3 is 19.3 Å². The van der Waals surface area contributed by atoms with Crippen molar-refractivity contribution in [1.82, 2.24) is 4.98 Å². The number of carboxylic acids is 1. The van der Waals surface area contributed by atoms with E-state index in [0.717, 1.165) is 0 Å². The Labute approximate surface area is 175 Å². The number of ether oxygens (including phenoxy) is 3. The third-order valence-corrected chi connectivity index (χ3v) is 4.14. The molecular weight excluding hydrogens is 427 g/mol. The van der Waals surface area contributed by atoms with Crippen molar-refractivity contribution in [2.75, 3.05) is 20.3 Å². The summed E-state index contributed by atoms with van der Waals surface area (Å²) >= 11 is 5.92. The third-order valence-electron chi connectivity index (χ3n) is 3.87. The molecule has 0 amide bonds. The highest BCUT2D eigenvalue weighted by atomic mass is 35.5. The Kier molecular flexibility index (Phi) is 8.08. The predicted octanol–water partition coefficient (Wildman–Crippen LogP) is 5.45. The number of methoxy groups -OCH3 is 1. The van der Waals surface area contributed by atoms with Crippen molar-refractivity contribution in [3.8, 4) is 17.4 Å². The van der Waals surface area contributed by atoms with Gasteiger partial charge in [0.2, 0.25) is 5.88 Å². The number of carbonyl (C=O) groups is 1. The van der Waals surface area contributed by atoms with Crippen LogP contribution in [0.5, 0.6) is 17.4 Å². The molecule has 0 atom stereocenters. The minimum absolute atomic E-state index is 0.111. The Morgan fingerprint density at radius 2 is 2.00 bits per heavy atom. The Bertz CT molecular complexity index is 931. The summed E-state index contributed by atoms with van der Waals surface area (Å²) in [6, 6.07) is 5.33. The second kappa shape index (κ2) is 10.3. The van der Waals surface area contributed by atoms with Gasteiger partial charge in [-0.1, -0.05) is 18.5 Å². The van der Waals surface area contributed by atoms with Gasteiger partial charge in [-0.15, -0.1) is 0 Å². The van der Waals surface area contributed by atoms with Crippen LogP contribution >= 0.6 is 11.6 Å². The van der Waals surface area contributed by atoms with E-state index in [0.29, 0.717) is 30.2 Å². The lowest BCUT2D eigenvalue weighted by molar-refractivity contribution is -0.138. The topological polar surface area (TPSA) is 77.9 Å². The lowest BCUT2D eigenvalue weighted by atomic mass is 10.1. The summed E-state index contributed by atoms with van der Waals surface area (Å²) in [5.74, 6) is -0.863. The maximum atomic E-state index is 12.8. The number of rotatable bonds is 9. The highest BCUT2D eigenvalue weighted by Gasteiger charge is 2.32. The highest BCUT2D eigenvalue weighted by molar-refractivity contribution is 6.31. The Balaban J connectivity index is 2.44. The van der Waals surface area contributed by atoms with E-state index < -0.39 is 17.7 Å². The summed E-state index contributed by atoms with van der Waals surface area (Å²) in [5, 5.41) is 8.93. The van der Waals surface area contributed by atoms with Gasteiger partial charge in [-0.25, -0.2) is 9.78 Å². The molecule has 10 heteroatoms. The maximum absolute atomic E-state index is 12.8. The number of alkyl halides is 3. The molecule has 0 saturated carbocycles. The number of aromatic nitrogens is 1. The van der Waals surface area contributed by atoms with Gasteiger partial charge in [0.25, 0.3) is 0 Å². The maximum Gasteiger partial charge on any atom is 0.417 e. The third kappa shape index (κ3) is 6.36. The molecule has 30 heavy (non-hydrogen) atoms. The van der Waals surface area contributed by atoms with E-state index in [1.54, 1.807) is 19.1 Å². The molecule has 0 bridgehead atoms. The van der Waals surface area contributed by atoms with Crippen molar-refractivity contribution in [3.63, 3.8) is 0 Å². The molecule has 1 aromatic carbocycles. The number of halogens is 4. The summed E-state index contributed by atoms with van der Waals surface area (Å²) in [4.78, 5) is 15.0. The molecule has 2 rings (SSSR count). The largest absolute Gasteiger partial charge is 0.491 e. The monoisotopic (exact) mass is 445 g/mol. The van der Waals surface area contributed by atoms with Crippen molar-refractivity contribution >= 4 is 23.6 Å². The fraction of sp³-hybridized carbons (Fsp3) is 0.300. The molecular formula is C20H19ClF3NO5. The molecule has 0 aliphatic carbocycles. The van der Waals surface area contributed by atoms with Crippen LogP contribution < -0.4 is 9.47 Å². The normalized spacial score (nSPS) is 12.0. The fourth-order valence-corrected chi connectivity index (χ4v) is 2.52. The second-order valence-electron chi connectivity index (χ2n) is 5.98. The predicted molar refractivity (Wildman–Crippen MR) is 104 cm³/mol. The summed E-state index contributed by atoms with van der Waals surface area (Å²) < 4.78 is 54.5. The molecule has 2 aromatic rings. The molecule has 0 saturated heterocycles. The molecule has 1 heterocycles. The number of hydrogen-bond donors (Lipinski definition) is 1. The Morgan fingerprint density at radius 1 is 1.27 bits per heavy atom. The van der Waals surface area contributed by atoms with Crippen LogP contribution in [0.3, 0.4) is 0 Å². The van der Waals surface area contributed by atoms with Gasteiger partial charge in [0.05, 0.1) is 12.2 Å². The van der Waals surface area contributed by atoms with Crippen LogP contribution in [0, 0.1) is 0 Å². The summed E-state index contributed by atoms with van der Waals surface area (Å²) in [6.45, 7) is 2.26. The van der Waals surface area contributed by atoms with E-state index in [9.17, 15) is 23.1 Å². The molecule has 0 aliphatic rings. The zero-order chi connectivity index (χ0) is 22.3. The van der Waals surface area contributed by atoms with E-state index in [1.807, 2.05) is 0 Å². The minimum Gasteiger partial charge on any atom is -0.491 e. The van der Waals surface area contributed by atoms with Crippen LogP contribution in [0.25, 0.3) is 6.08 Å². The van der Waals surface area contributed by atoms with Gasteiger partial charge in [0.1, 0.15) is 23.1 Å². The van der Waals surface area contributed by atoms with Crippen LogP contribution in [0.2, 0.25) is 5.02 Å². The smallest absolute Gasteiger partial charge is 0.417 e. The average Bonchev–Trinajstić information content (AvgIpc) is 2.68. The summed E-state index contributed by atoms with van der Waals surface area (Å²) in [7, 11) is 1.52. The van der Waals surface area contributed by atoms with Crippen molar-refractivity contribution < 1.29 is 37.3 Å². The lowest BCUT2D eigenvalue weighted by Crippen LogP contribution is -2.06. The summed E-state index contributed by atoms with van der Waals surface area (Å²) in [6.07, 6.45) is -2.35. The number of pyridine rings is 1. The first-order chi connectivity index (χ1) is 14.2. The van der Waals surface area contributed by atoms with Crippen LogP contribution in [0.15, 0.2) is 36.0 Å². The SMILES string of the molecule is CCC(=Cc1ccc(OCCOC)cc1Oc1ncc(C(F)(F)F)cc1Cl)C(=O)O. The number of carboxylic acid groups (broad SMARTS) is 1. The van der Waals surface area contributed by atoms with Crippen molar-refractivity contribution in [2.24, 2.45) is 0 Å². The zero-order valence-corrected chi connectivity index (χ0v) is 16.9. The molecule has 1 aromatic heterocycles. The minimum atomic E-state index is -4.60. The highest BCUT2D eigenvalue weighted by Crippen LogP contribution is 2.37. The van der Waals surface area contributed by atoms with E-state index in [-0.39, 0.29) is 35.3 Å². The number of nitrogens with zero attached hydrogens (tertiary/aromatic N) is 1. The quantitative estimate of drug-likeness (QED) is 0.408. The van der Waals surface area contributed by atoms with Crippen molar-refractivity contribution in [2.45, 2.75) is 19.5 Å². The molecule has 0 spiro atoms. The standard InChI is InChI=1S/C20H19ClF3NO5/c1-3-12(19(26)27)8-13-4-5-15(29-7-6-28-2)10-17(13)30-18-16(21)9-14(11-25-18)20(22,23)24/h4-5,8-11H,3,6-7H2,1-2H3,(H,26,27). The average molecular weight is 446 g/mol. The van der Waals surface area contributed by atoms with Crippen LogP contribution in [-0.2, 0) is 15.7 Å². The molecule has 0 radical (unpaired) electrons. The molecule has 0 aliphatic heterocycles. The van der Waals surface area contributed by atoms with Gasteiger partial charge in [-0.05, 0) is 30.7 Å². The Morgan fingerprint density at radius 3 is 2.57 bits per heavy atom. The molecule has 0 fully saturated rings. The number of benzene rings is 1. The van der Waals surface area contributed by atoms with Gasteiger partial charge in [-0.2, -0.15) is 13.2 Å². The Hall–Kier alpha value is -2.78. The van der Waals surface area contributed by atoms with E-state index >= 15 is 0 Å². The van der Waals surface area contributed by atoms with Crippen LogP contribution in [0.4, 0.5) is 13.2 Å². The fourth-order valence-electron chi connectivity index (χ4n) is 2.32. The molecule has 162 valence electrons. The molecule has 6 nitrogen and oxygen atoms in total. The first kappa shape index (κ1) is 23.5. The van der Waals surface area contributed by atoms with Crippen molar-refractivity contribution in [1.29, 1.82) is 0 Å². The van der Waals surface area contributed by atoms with Crippen LogP contribution in [0.1, 0.15) is 24.5 Å². The van der Waals surface area contributed by atoms with Gasteiger partial charge in [0, 0.05) is 30.5 Å². The summed E-state index contributed by atoms with van der Waals surface area (Å²) in [5.41, 5.74) is -0.541. The van der Waals surface area contributed by atoms with E-state index in [2.05, 4.69) is 4.98 Å². The second-order valence-corrected chi connectivity index (χ2v) is 6.39. The van der Waals surface area contributed by atoms with E-state index in [4.69, 9.17) is 25.8 Å². The molecule has 0 unspecified atom stereocenters. The van der Waals surface area contributed by atoms with Gasteiger partial charge in [0.15, 0.2) is 0 Å². The van der Waals surface area contributed by atoms with Gasteiger partial charge in [-0.3, -0.25) is 0 Å². The lowest BCUT2D eigenvalue weighted by Gasteiger charge is -2.14. The first-order valence-corrected chi connectivity index (χ1v) is 9.13. The van der Waals surface area contributed by atoms with Crippen molar-refractivity contribution in [3.05, 3.63) is 52.2 Å². The number of hydrogen-bond acceptors (Lipinski definition) is 5. The zero-order valence-electron chi connectivity index (χ0n) is 16.1.